The van der Waals surface area contributed by atoms with Crippen LogP contribution in [0.5, 0.6) is 0 Å². The quantitative estimate of drug-likeness (QED) is 0.727. The molecular weight excluding hydrogens is 362 g/mol. The van der Waals surface area contributed by atoms with Gasteiger partial charge < -0.3 is 14.8 Å². The van der Waals surface area contributed by atoms with Crippen LogP contribution in [0.25, 0.3) is 10.8 Å². The lowest BCUT2D eigenvalue weighted by Gasteiger charge is -2.39. The van der Waals surface area contributed by atoms with Crippen molar-refractivity contribution in [3.05, 3.63) is 66.2 Å². The molecule has 2 aromatic carbocycles. The molecule has 6 heteroatoms. The van der Waals surface area contributed by atoms with Crippen LogP contribution in [0, 0.1) is 0 Å². The zero-order chi connectivity index (χ0) is 20.2. The van der Waals surface area contributed by atoms with E-state index in [0.717, 1.165) is 38.4 Å². The van der Waals surface area contributed by atoms with E-state index in [1.165, 1.54) is 16.3 Å². The maximum absolute atomic E-state index is 12.7. The minimum absolute atomic E-state index is 0.0359. The summed E-state index contributed by atoms with van der Waals surface area (Å²) in [5.74, 6) is 1.06. The molecule has 0 saturated carbocycles. The van der Waals surface area contributed by atoms with Crippen molar-refractivity contribution in [3.8, 4) is 0 Å². The minimum Gasteiger partial charge on any atom is -0.338 e. The van der Waals surface area contributed by atoms with Crippen molar-refractivity contribution in [2.75, 3.05) is 26.2 Å². The average molecular weight is 392 g/mol. The number of rotatable bonds is 5. The van der Waals surface area contributed by atoms with Crippen LogP contribution in [0.4, 0.5) is 4.79 Å². The van der Waals surface area contributed by atoms with Gasteiger partial charge in [0.05, 0.1) is 6.54 Å². The maximum atomic E-state index is 12.7. The lowest BCUT2D eigenvalue weighted by atomic mass is 10.0. The molecule has 0 aliphatic carbocycles. The molecule has 0 spiro atoms. The van der Waals surface area contributed by atoms with Crippen LogP contribution >= 0.6 is 0 Å². The first-order valence-corrected chi connectivity index (χ1v) is 10.3. The van der Waals surface area contributed by atoms with Crippen molar-refractivity contribution in [1.29, 1.82) is 0 Å². The lowest BCUT2D eigenvalue weighted by molar-refractivity contribution is 0.0900. The fourth-order valence-corrected chi connectivity index (χ4v) is 4.07. The number of hydrogen-bond donors (Lipinski definition) is 1. The average Bonchev–Trinajstić information content (AvgIpc) is 3.14. The van der Waals surface area contributed by atoms with Crippen LogP contribution in [-0.2, 0) is 20.0 Å². The second-order valence-electron chi connectivity index (χ2n) is 7.84. The Morgan fingerprint density at radius 3 is 2.79 bits per heavy atom. The molecule has 152 valence electrons. The fourth-order valence-electron chi connectivity index (χ4n) is 4.07. The Bertz CT molecular complexity index is 977. The van der Waals surface area contributed by atoms with Gasteiger partial charge in [-0.25, -0.2) is 9.78 Å². The molecule has 4 rings (SSSR count). The number of piperazine rings is 1. The van der Waals surface area contributed by atoms with E-state index < -0.39 is 0 Å². The van der Waals surface area contributed by atoms with Gasteiger partial charge in [0, 0.05) is 51.7 Å². The van der Waals surface area contributed by atoms with E-state index in [0.29, 0.717) is 12.6 Å². The van der Waals surface area contributed by atoms with Gasteiger partial charge in [-0.2, -0.15) is 0 Å². The fraction of sp³-hybridized carbons (Fsp3) is 0.391. The van der Waals surface area contributed by atoms with Crippen LogP contribution in [0.2, 0.25) is 0 Å². The van der Waals surface area contributed by atoms with Crippen LogP contribution in [0.1, 0.15) is 18.3 Å². The summed E-state index contributed by atoms with van der Waals surface area (Å²) < 4.78 is 2.05. The molecule has 3 aromatic rings. The van der Waals surface area contributed by atoms with E-state index in [4.69, 9.17) is 0 Å². The summed E-state index contributed by atoms with van der Waals surface area (Å²) in [6.45, 7) is 6.00. The predicted octanol–water partition coefficient (Wildman–Crippen LogP) is 3.03. The molecule has 2 heterocycles. The van der Waals surface area contributed by atoms with E-state index in [2.05, 4.69) is 69.2 Å². The molecule has 1 saturated heterocycles. The SMILES string of the molecule is CC1CN(C(=O)NCCc2cccc3ccccc23)CCN1Cc1nccn1C. The molecule has 29 heavy (non-hydrogen) atoms. The van der Waals surface area contributed by atoms with E-state index in [1.807, 2.05) is 24.3 Å². The van der Waals surface area contributed by atoms with E-state index in [1.54, 1.807) is 0 Å². The Balaban J connectivity index is 1.28. The van der Waals surface area contributed by atoms with Gasteiger partial charge in [-0.1, -0.05) is 42.5 Å². The summed E-state index contributed by atoms with van der Waals surface area (Å²) in [6, 6.07) is 15.1. The van der Waals surface area contributed by atoms with Crippen LogP contribution in [-0.4, -0.2) is 57.6 Å². The number of carbonyl (C=O) groups excluding carboxylic acids is 1. The third-order valence-electron chi connectivity index (χ3n) is 5.87. The van der Waals surface area contributed by atoms with E-state index in [-0.39, 0.29) is 6.03 Å². The highest BCUT2D eigenvalue weighted by molar-refractivity contribution is 5.85. The number of benzene rings is 2. The number of fused-ring (bicyclic) bond motifs is 1. The van der Waals surface area contributed by atoms with Gasteiger partial charge in [0.2, 0.25) is 0 Å². The van der Waals surface area contributed by atoms with Gasteiger partial charge in [0.15, 0.2) is 0 Å². The summed E-state index contributed by atoms with van der Waals surface area (Å²) in [7, 11) is 2.02. The standard InChI is InChI=1S/C23H29N5O/c1-18-16-28(15-14-27(18)17-22-24-12-13-26(22)2)23(29)25-11-10-20-8-5-7-19-6-3-4-9-21(19)20/h3-9,12-13,18H,10-11,14-17H2,1-2H3,(H,25,29). The molecule has 1 aliphatic heterocycles. The van der Waals surface area contributed by atoms with Crippen molar-refractivity contribution in [2.45, 2.75) is 25.9 Å². The topological polar surface area (TPSA) is 53.4 Å². The first-order valence-electron chi connectivity index (χ1n) is 10.3. The van der Waals surface area contributed by atoms with Gasteiger partial charge >= 0.3 is 6.03 Å². The molecule has 1 atom stereocenters. The third kappa shape index (κ3) is 4.43. The second kappa shape index (κ2) is 8.66. The zero-order valence-electron chi connectivity index (χ0n) is 17.2. The van der Waals surface area contributed by atoms with Crippen molar-refractivity contribution >= 4 is 16.8 Å². The number of nitrogens with one attached hydrogen (secondary N) is 1. The number of carbonyl (C=O) groups is 1. The summed E-state index contributed by atoms with van der Waals surface area (Å²) in [5, 5.41) is 5.62. The van der Waals surface area contributed by atoms with Crippen molar-refractivity contribution in [3.63, 3.8) is 0 Å². The predicted molar refractivity (Wildman–Crippen MR) is 116 cm³/mol. The molecule has 0 radical (unpaired) electrons. The summed E-state index contributed by atoms with van der Waals surface area (Å²) >= 11 is 0. The first kappa shape index (κ1) is 19.5. The van der Waals surface area contributed by atoms with Crippen LogP contribution < -0.4 is 5.32 Å². The number of nitrogens with zero attached hydrogens (tertiary/aromatic N) is 4. The van der Waals surface area contributed by atoms with Gasteiger partial charge in [-0.05, 0) is 29.7 Å². The van der Waals surface area contributed by atoms with Gasteiger partial charge in [0.25, 0.3) is 0 Å². The minimum atomic E-state index is 0.0359. The summed E-state index contributed by atoms with van der Waals surface area (Å²) in [4.78, 5) is 21.4. The highest BCUT2D eigenvalue weighted by atomic mass is 16.2. The maximum Gasteiger partial charge on any atom is 0.317 e. The molecule has 1 N–H and O–H groups in total. The summed E-state index contributed by atoms with van der Waals surface area (Å²) in [6.07, 6.45) is 4.64. The smallest absolute Gasteiger partial charge is 0.317 e. The number of urea groups is 1. The molecule has 1 aliphatic rings. The Hall–Kier alpha value is -2.86. The van der Waals surface area contributed by atoms with Gasteiger partial charge in [0.1, 0.15) is 5.82 Å². The number of imidazole rings is 1. The van der Waals surface area contributed by atoms with Crippen molar-refractivity contribution in [1.82, 2.24) is 24.7 Å². The van der Waals surface area contributed by atoms with E-state index >= 15 is 0 Å². The van der Waals surface area contributed by atoms with Gasteiger partial charge in [-0.3, -0.25) is 4.90 Å². The number of aromatic nitrogens is 2. The molecule has 6 nitrogen and oxygen atoms in total. The first-order chi connectivity index (χ1) is 14.1. The monoisotopic (exact) mass is 391 g/mol. The highest BCUT2D eigenvalue weighted by Crippen LogP contribution is 2.18. The number of aryl methyl sites for hydroxylation is 1. The van der Waals surface area contributed by atoms with Gasteiger partial charge in [-0.15, -0.1) is 0 Å². The summed E-state index contributed by atoms with van der Waals surface area (Å²) in [5.41, 5.74) is 1.27. The molecular formula is C23H29N5O. The Morgan fingerprint density at radius 1 is 1.17 bits per heavy atom. The third-order valence-corrected chi connectivity index (χ3v) is 5.87. The Kier molecular flexibility index (Phi) is 5.81. The van der Waals surface area contributed by atoms with Crippen LogP contribution in [0.15, 0.2) is 54.9 Å². The van der Waals surface area contributed by atoms with Crippen LogP contribution in [0.3, 0.4) is 0 Å². The number of amides is 2. The molecule has 0 bridgehead atoms. The Morgan fingerprint density at radius 2 is 2.00 bits per heavy atom. The van der Waals surface area contributed by atoms with Crippen molar-refractivity contribution < 1.29 is 4.79 Å². The Labute approximate surface area is 172 Å². The van der Waals surface area contributed by atoms with Crippen molar-refractivity contribution in [2.24, 2.45) is 7.05 Å². The molecule has 1 aromatic heterocycles. The molecule has 2 amide bonds. The number of hydrogen-bond acceptors (Lipinski definition) is 3. The highest BCUT2D eigenvalue weighted by Gasteiger charge is 2.27. The molecule has 1 fully saturated rings. The second-order valence-corrected chi connectivity index (χ2v) is 7.84. The zero-order valence-corrected chi connectivity index (χ0v) is 17.2. The normalized spacial score (nSPS) is 17.6. The molecule has 1 unspecified atom stereocenters. The largest absolute Gasteiger partial charge is 0.338 e. The van der Waals surface area contributed by atoms with E-state index in [9.17, 15) is 4.79 Å². The lowest BCUT2D eigenvalue weighted by Crippen LogP contribution is -2.55.